The van der Waals surface area contributed by atoms with Crippen LogP contribution in [0, 0.1) is 5.92 Å². The SMILES string of the molecule is CCN(CC(C)C)CC(O)COc1ccc(C(N)=S)cc1. The third-order valence-corrected chi connectivity index (χ3v) is 3.36. The highest BCUT2D eigenvalue weighted by Crippen LogP contribution is 2.12. The zero-order valence-corrected chi connectivity index (χ0v) is 13.9. The van der Waals surface area contributed by atoms with Gasteiger partial charge in [0.1, 0.15) is 23.4 Å². The summed E-state index contributed by atoms with van der Waals surface area (Å²) < 4.78 is 5.59. The molecule has 1 rings (SSSR count). The van der Waals surface area contributed by atoms with Gasteiger partial charge in [0, 0.05) is 18.7 Å². The number of likely N-dealkylation sites (N-methyl/N-ethyl adjacent to an activating group) is 1. The third-order valence-electron chi connectivity index (χ3n) is 3.12. The van der Waals surface area contributed by atoms with Crippen LogP contribution in [0.4, 0.5) is 0 Å². The minimum Gasteiger partial charge on any atom is -0.491 e. The summed E-state index contributed by atoms with van der Waals surface area (Å²) in [6, 6.07) is 7.27. The Labute approximate surface area is 132 Å². The van der Waals surface area contributed by atoms with Gasteiger partial charge in [-0.05, 0) is 36.7 Å². The topological polar surface area (TPSA) is 58.7 Å². The van der Waals surface area contributed by atoms with Crippen LogP contribution in [0.15, 0.2) is 24.3 Å². The fraction of sp³-hybridized carbons (Fsp3) is 0.562. The van der Waals surface area contributed by atoms with Gasteiger partial charge in [-0.25, -0.2) is 0 Å². The van der Waals surface area contributed by atoms with Gasteiger partial charge in [0.15, 0.2) is 0 Å². The van der Waals surface area contributed by atoms with Crippen LogP contribution in [0.5, 0.6) is 5.75 Å². The van der Waals surface area contributed by atoms with Gasteiger partial charge in [-0.2, -0.15) is 0 Å². The van der Waals surface area contributed by atoms with E-state index in [0.717, 1.165) is 18.7 Å². The second-order valence-corrected chi connectivity index (χ2v) is 6.04. The van der Waals surface area contributed by atoms with Crippen molar-refractivity contribution in [1.29, 1.82) is 0 Å². The highest BCUT2D eigenvalue weighted by Gasteiger charge is 2.12. The summed E-state index contributed by atoms with van der Waals surface area (Å²) in [5, 5.41) is 10.1. The summed E-state index contributed by atoms with van der Waals surface area (Å²) in [5.74, 6) is 1.30. The lowest BCUT2D eigenvalue weighted by Gasteiger charge is -2.25. The largest absolute Gasteiger partial charge is 0.491 e. The molecule has 5 heteroatoms. The zero-order valence-electron chi connectivity index (χ0n) is 13.1. The van der Waals surface area contributed by atoms with Gasteiger partial charge in [0.25, 0.3) is 0 Å². The highest BCUT2D eigenvalue weighted by atomic mass is 32.1. The van der Waals surface area contributed by atoms with Gasteiger partial charge in [-0.3, -0.25) is 0 Å². The van der Waals surface area contributed by atoms with Crippen molar-refractivity contribution in [3.05, 3.63) is 29.8 Å². The van der Waals surface area contributed by atoms with Crippen molar-refractivity contribution < 1.29 is 9.84 Å². The second kappa shape index (κ2) is 8.97. The van der Waals surface area contributed by atoms with Gasteiger partial charge >= 0.3 is 0 Å². The first kappa shape index (κ1) is 17.9. The zero-order chi connectivity index (χ0) is 15.8. The maximum atomic E-state index is 10.1. The Kier molecular flexibility index (Phi) is 7.64. The normalized spacial score (nSPS) is 12.7. The Morgan fingerprint density at radius 3 is 2.38 bits per heavy atom. The van der Waals surface area contributed by atoms with E-state index in [-0.39, 0.29) is 6.61 Å². The molecule has 0 aliphatic rings. The molecule has 0 amide bonds. The summed E-state index contributed by atoms with van der Waals surface area (Å²) in [6.45, 7) is 9.27. The Morgan fingerprint density at radius 1 is 1.29 bits per heavy atom. The number of hydrogen-bond donors (Lipinski definition) is 2. The monoisotopic (exact) mass is 310 g/mol. The standard InChI is InChI=1S/C16H26N2O2S/c1-4-18(9-12(2)3)10-14(19)11-20-15-7-5-13(6-8-15)16(17)21/h5-8,12,14,19H,4,9-11H2,1-3H3,(H2,17,21). The molecule has 0 fully saturated rings. The van der Waals surface area contributed by atoms with Gasteiger partial charge < -0.3 is 20.5 Å². The summed E-state index contributed by atoms with van der Waals surface area (Å²) in [6.07, 6.45) is -0.501. The Bertz CT molecular complexity index is 434. The highest BCUT2D eigenvalue weighted by molar-refractivity contribution is 7.80. The molecule has 0 bridgehead atoms. The van der Waals surface area contributed by atoms with Crippen LogP contribution in [-0.2, 0) is 0 Å². The van der Waals surface area contributed by atoms with Gasteiger partial charge in [-0.1, -0.05) is 33.0 Å². The van der Waals surface area contributed by atoms with Crippen LogP contribution >= 0.6 is 12.2 Å². The summed E-state index contributed by atoms with van der Waals surface area (Å²) >= 11 is 4.90. The van der Waals surface area contributed by atoms with E-state index in [1.807, 2.05) is 24.3 Å². The molecule has 0 saturated carbocycles. The van der Waals surface area contributed by atoms with Crippen molar-refractivity contribution in [2.75, 3.05) is 26.2 Å². The molecule has 4 nitrogen and oxygen atoms in total. The molecule has 118 valence electrons. The predicted octanol–water partition coefficient (Wildman–Crippen LogP) is 2.04. The molecular weight excluding hydrogens is 284 g/mol. The molecule has 1 atom stereocenters. The second-order valence-electron chi connectivity index (χ2n) is 5.60. The molecule has 1 aromatic rings. The number of nitrogens with two attached hydrogens (primary N) is 1. The molecule has 0 aromatic heterocycles. The Hall–Kier alpha value is -1.17. The van der Waals surface area contributed by atoms with E-state index in [0.29, 0.717) is 23.2 Å². The maximum absolute atomic E-state index is 10.1. The van der Waals surface area contributed by atoms with E-state index in [1.165, 1.54) is 0 Å². The van der Waals surface area contributed by atoms with Crippen LogP contribution in [0.1, 0.15) is 26.3 Å². The van der Waals surface area contributed by atoms with Crippen molar-refractivity contribution in [2.24, 2.45) is 11.7 Å². The molecule has 21 heavy (non-hydrogen) atoms. The number of hydrogen-bond acceptors (Lipinski definition) is 4. The van der Waals surface area contributed by atoms with E-state index in [9.17, 15) is 5.11 Å². The lowest BCUT2D eigenvalue weighted by atomic mass is 10.2. The Balaban J connectivity index is 2.41. The quantitative estimate of drug-likeness (QED) is 0.684. The maximum Gasteiger partial charge on any atom is 0.119 e. The number of nitrogens with zero attached hydrogens (tertiary/aromatic N) is 1. The van der Waals surface area contributed by atoms with Gasteiger partial charge in [-0.15, -0.1) is 0 Å². The number of benzene rings is 1. The molecule has 0 aliphatic heterocycles. The van der Waals surface area contributed by atoms with Crippen molar-refractivity contribution >= 4 is 17.2 Å². The lowest BCUT2D eigenvalue weighted by Crippen LogP contribution is -2.37. The predicted molar refractivity (Wildman–Crippen MR) is 90.8 cm³/mol. The third kappa shape index (κ3) is 6.89. The van der Waals surface area contributed by atoms with E-state index in [2.05, 4.69) is 25.7 Å². The number of aliphatic hydroxyl groups is 1. The smallest absolute Gasteiger partial charge is 0.119 e. The van der Waals surface area contributed by atoms with Crippen LogP contribution in [0.3, 0.4) is 0 Å². The average Bonchev–Trinajstić information content (AvgIpc) is 2.44. The van der Waals surface area contributed by atoms with Crippen molar-refractivity contribution in [3.63, 3.8) is 0 Å². The molecule has 0 saturated heterocycles. The number of ether oxygens (including phenoxy) is 1. The van der Waals surface area contributed by atoms with E-state index in [4.69, 9.17) is 22.7 Å². The van der Waals surface area contributed by atoms with Crippen molar-refractivity contribution in [3.8, 4) is 5.75 Å². The molecular formula is C16H26N2O2S. The van der Waals surface area contributed by atoms with Crippen molar-refractivity contribution in [1.82, 2.24) is 4.90 Å². The van der Waals surface area contributed by atoms with E-state index >= 15 is 0 Å². The van der Waals surface area contributed by atoms with Crippen LogP contribution in [-0.4, -0.2) is 47.3 Å². The average molecular weight is 310 g/mol. The lowest BCUT2D eigenvalue weighted by molar-refractivity contribution is 0.0662. The summed E-state index contributed by atoms with van der Waals surface area (Å²) in [7, 11) is 0. The Morgan fingerprint density at radius 2 is 1.90 bits per heavy atom. The van der Waals surface area contributed by atoms with Gasteiger partial charge in [0.2, 0.25) is 0 Å². The number of thiocarbonyl (C=S) groups is 1. The molecule has 0 aliphatic carbocycles. The summed E-state index contributed by atoms with van der Waals surface area (Å²) in [5.41, 5.74) is 6.35. The molecule has 0 radical (unpaired) electrons. The molecule has 0 spiro atoms. The van der Waals surface area contributed by atoms with E-state index in [1.54, 1.807) is 0 Å². The first-order valence-electron chi connectivity index (χ1n) is 7.35. The van der Waals surface area contributed by atoms with Crippen LogP contribution in [0.2, 0.25) is 0 Å². The molecule has 3 N–H and O–H groups in total. The van der Waals surface area contributed by atoms with Crippen LogP contribution in [0.25, 0.3) is 0 Å². The van der Waals surface area contributed by atoms with Crippen LogP contribution < -0.4 is 10.5 Å². The minimum atomic E-state index is -0.501. The fourth-order valence-electron chi connectivity index (χ4n) is 2.11. The molecule has 1 unspecified atom stereocenters. The van der Waals surface area contributed by atoms with E-state index < -0.39 is 6.10 Å². The first-order valence-corrected chi connectivity index (χ1v) is 7.76. The van der Waals surface area contributed by atoms with Gasteiger partial charge in [0.05, 0.1) is 0 Å². The molecule has 1 aromatic carbocycles. The van der Waals surface area contributed by atoms with Crippen molar-refractivity contribution in [2.45, 2.75) is 26.9 Å². The summed E-state index contributed by atoms with van der Waals surface area (Å²) in [4.78, 5) is 2.60. The minimum absolute atomic E-state index is 0.279. The fourth-order valence-corrected chi connectivity index (χ4v) is 2.24. The molecule has 0 heterocycles. The number of aliphatic hydroxyl groups excluding tert-OH is 1. The number of rotatable bonds is 9. The first-order chi connectivity index (χ1) is 9.92.